The molecule has 0 unspecified atom stereocenters. The molecule has 182 valence electrons. The summed E-state index contributed by atoms with van der Waals surface area (Å²) in [5.41, 5.74) is -1.87. The second kappa shape index (κ2) is 8.08. The molecule has 1 amide bonds. The van der Waals surface area contributed by atoms with Gasteiger partial charge in [-0.05, 0) is 46.8 Å². The van der Waals surface area contributed by atoms with Gasteiger partial charge < -0.3 is 28.8 Å². The first-order valence-corrected chi connectivity index (χ1v) is 10.5. The zero-order chi connectivity index (χ0) is 24.9. The number of amides is 1. The van der Waals surface area contributed by atoms with Crippen LogP contribution in [0.5, 0.6) is 0 Å². The summed E-state index contributed by atoms with van der Waals surface area (Å²) >= 11 is 0. The lowest BCUT2D eigenvalue weighted by Crippen LogP contribution is -2.40. The van der Waals surface area contributed by atoms with Gasteiger partial charge >= 0.3 is 12.2 Å². The van der Waals surface area contributed by atoms with Crippen LogP contribution in [0.1, 0.15) is 40.3 Å². The van der Waals surface area contributed by atoms with Crippen LogP contribution in [0.15, 0.2) is 18.5 Å². The van der Waals surface area contributed by atoms with Crippen molar-refractivity contribution >= 4 is 23.6 Å². The molecule has 2 aromatic rings. The number of nitrogens with zero attached hydrogens (tertiary/aromatic N) is 4. The topological polar surface area (TPSA) is 167 Å². The van der Waals surface area contributed by atoms with E-state index in [2.05, 4.69) is 21.5 Å². The Hall–Kier alpha value is -3.47. The molecule has 0 saturated carbocycles. The number of nitriles is 1. The minimum absolute atomic E-state index is 0.0325. The fourth-order valence-electron chi connectivity index (χ4n) is 4.07. The average Bonchev–Trinajstić information content (AvgIpc) is 3.36. The summed E-state index contributed by atoms with van der Waals surface area (Å²) in [5, 5.41) is 25.8. The van der Waals surface area contributed by atoms with Crippen molar-refractivity contribution < 1.29 is 38.4 Å². The van der Waals surface area contributed by atoms with Crippen LogP contribution in [0, 0.1) is 11.3 Å². The molecule has 34 heavy (non-hydrogen) atoms. The molecule has 2 aliphatic heterocycles. The van der Waals surface area contributed by atoms with Gasteiger partial charge in [-0.3, -0.25) is 5.32 Å². The van der Waals surface area contributed by atoms with E-state index in [1.165, 1.54) is 4.52 Å². The summed E-state index contributed by atoms with van der Waals surface area (Å²) in [6.45, 7) is 8.28. The summed E-state index contributed by atoms with van der Waals surface area (Å²) < 4.78 is 30.0. The predicted octanol–water partition coefficient (Wildman–Crippen LogP) is 2.41. The first-order valence-electron chi connectivity index (χ1n) is 10.5. The molecule has 0 bridgehead atoms. The monoisotopic (exact) mass is 475 g/mol. The van der Waals surface area contributed by atoms with Crippen LogP contribution in [-0.4, -0.2) is 68.3 Å². The van der Waals surface area contributed by atoms with Crippen LogP contribution in [0.25, 0.3) is 5.52 Å². The van der Waals surface area contributed by atoms with E-state index in [4.69, 9.17) is 28.8 Å². The van der Waals surface area contributed by atoms with E-state index in [0.29, 0.717) is 5.52 Å². The number of fused-ring (bicyclic) bond motifs is 2. The smallest absolute Gasteiger partial charge is 0.465 e. The molecule has 2 aromatic heterocycles. The second-order valence-electron chi connectivity index (χ2n) is 9.35. The Morgan fingerprint density at radius 3 is 2.68 bits per heavy atom. The molecule has 13 heteroatoms. The third kappa shape index (κ3) is 4.23. The van der Waals surface area contributed by atoms with Gasteiger partial charge in [0.05, 0.1) is 5.69 Å². The predicted molar refractivity (Wildman–Crippen MR) is 113 cm³/mol. The number of nitrogens with one attached hydrogen (secondary N) is 1. The van der Waals surface area contributed by atoms with Crippen molar-refractivity contribution in [1.29, 1.82) is 5.26 Å². The highest BCUT2D eigenvalue weighted by Gasteiger charge is 2.65. The van der Waals surface area contributed by atoms with E-state index in [-0.39, 0.29) is 18.1 Å². The van der Waals surface area contributed by atoms with E-state index in [0.717, 1.165) is 6.33 Å². The van der Waals surface area contributed by atoms with E-state index in [1.807, 2.05) is 0 Å². The van der Waals surface area contributed by atoms with Crippen LogP contribution in [0.4, 0.5) is 15.4 Å². The van der Waals surface area contributed by atoms with Crippen molar-refractivity contribution in [2.75, 3.05) is 11.9 Å². The van der Waals surface area contributed by atoms with Crippen LogP contribution in [0.2, 0.25) is 0 Å². The van der Waals surface area contributed by atoms with E-state index in [1.54, 1.807) is 46.8 Å². The van der Waals surface area contributed by atoms with Gasteiger partial charge in [-0.1, -0.05) is 0 Å². The van der Waals surface area contributed by atoms with Gasteiger partial charge in [0, 0.05) is 0 Å². The fourth-order valence-corrected chi connectivity index (χ4v) is 4.07. The highest BCUT2D eigenvalue weighted by molar-refractivity contribution is 5.87. The number of aromatic nitrogens is 3. The van der Waals surface area contributed by atoms with Gasteiger partial charge in [-0.15, -0.1) is 0 Å². The van der Waals surface area contributed by atoms with Crippen molar-refractivity contribution in [2.24, 2.45) is 0 Å². The van der Waals surface area contributed by atoms with Crippen molar-refractivity contribution in [3.8, 4) is 6.07 Å². The first-order chi connectivity index (χ1) is 15.8. The molecule has 4 atom stereocenters. The number of hydrogen-bond donors (Lipinski definition) is 2. The molecule has 2 aliphatic rings. The minimum Gasteiger partial charge on any atom is -0.465 e. The first kappa shape index (κ1) is 23.7. The van der Waals surface area contributed by atoms with Gasteiger partial charge in [-0.2, -0.15) is 10.4 Å². The number of ether oxygens (including phenoxy) is 5. The SMILES string of the molecule is CC(C)(C)OC(=O)OC[C@H]1O[C@@](C#N)(c2ccc3c(NC(=O)O)ncnn23)[C@@H]2OC(C)(C)O[C@@H]21. The van der Waals surface area contributed by atoms with Gasteiger partial charge in [0.15, 0.2) is 11.6 Å². The largest absolute Gasteiger partial charge is 0.508 e. The fraction of sp³-hybridized carbons (Fsp3) is 0.571. The third-order valence-electron chi connectivity index (χ3n) is 5.21. The Bertz CT molecular complexity index is 1170. The molecular formula is C21H25N5O8. The lowest BCUT2D eigenvalue weighted by atomic mass is 9.92. The summed E-state index contributed by atoms with van der Waals surface area (Å²) in [5.74, 6) is -1.01. The highest BCUT2D eigenvalue weighted by Crippen LogP contribution is 2.49. The van der Waals surface area contributed by atoms with Crippen LogP contribution >= 0.6 is 0 Å². The normalized spacial score (nSPS) is 27.7. The Morgan fingerprint density at radius 2 is 2.03 bits per heavy atom. The van der Waals surface area contributed by atoms with Gasteiger partial charge in [-0.25, -0.2) is 19.1 Å². The van der Waals surface area contributed by atoms with Crippen LogP contribution in [0.3, 0.4) is 0 Å². The molecule has 0 aliphatic carbocycles. The molecule has 2 fully saturated rings. The maximum atomic E-state index is 12.1. The minimum atomic E-state index is -1.71. The maximum Gasteiger partial charge on any atom is 0.508 e. The number of carbonyl (C=O) groups excluding carboxylic acids is 1. The van der Waals surface area contributed by atoms with Crippen molar-refractivity contribution in [1.82, 2.24) is 14.6 Å². The number of rotatable bonds is 4. The molecule has 0 radical (unpaired) electrons. The van der Waals surface area contributed by atoms with Gasteiger partial charge in [0.2, 0.25) is 5.60 Å². The Morgan fingerprint density at radius 1 is 1.29 bits per heavy atom. The molecule has 13 nitrogen and oxygen atoms in total. The van der Waals surface area contributed by atoms with Crippen LogP contribution in [-0.2, 0) is 29.3 Å². The Balaban J connectivity index is 1.69. The van der Waals surface area contributed by atoms with Crippen molar-refractivity contribution in [3.63, 3.8) is 0 Å². The Labute approximate surface area is 194 Å². The molecule has 0 spiro atoms. The number of anilines is 1. The van der Waals surface area contributed by atoms with Crippen molar-refractivity contribution in [3.05, 3.63) is 24.2 Å². The summed E-state index contributed by atoms with van der Waals surface area (Å²) in [6.07, 6.45) is -3.54. The summed E-state index contributed by atoms with van der Waals surface area (Å²) in [6, 6.07) is 5.31. The molecular weight excluding hydrogens is 450 g/mol. The molecule has 4 rings (SSSR count). The number of carboxylic acid groups (broad SMARTS) is 1. The molecule has 2 N–H and O–H groups in total. The van der Waals surface area contributed by atoms with E-state index in [9.17, 15) is 14.9 Å². The van der Waals surface area contributed by atoms with E-state index < -0.39 is 47.5 Å². The molecule has 0 aromatic carbocycles. The maximum absolute atomic E-state index is 12.1. The number of hydrogen-bond acceptors (Lipinski definition) is 10. The number of carbonyl (C=O) groups is 2. The zero-order valence-corrected chi connectivity index (χ0v) is 19.3. The third-order valence-corrected chi connectivity index (χ3v) is 5.21. The molecule has 4 heterocycles. The van der Waals surface area contributed by atoms with Gasteiger partial charge in [0.1, 0.15) is 48.4 Å². The quantitative estimate of drug-likeness (QED) is 0.623. The Kier molecular flexibility index (Phi) is 5.63. The molecule has 2 saturated heterocycles. The summed E-state index contributed by atoms with van der Waals surface area (Å²) in [4.78, 5) is 27.2. The van der Waals surface area contributed by atoms with Gasteiger partial charge in [0.25, 0.3) is 0 Å². The zero-order valence-electron chi connectivity index (χ0n) is 19.3. The summed E-state index contributed by atoms with van der Waals surface area (Å²) in [7, 11) is 0. The van der Waals surface area contributed by atoms with Crippen molar-refractivity contribution in [2.45, 2.75) is 69.9 Å². The van der Waals surface area contributed by atoms with Crippen LogP contribution < -0.4 is 5.32 Å². The lowest BCUT2D eigenvalue weighted by molar-refractivity contribution is -0.205. The lowest BCUT2D eigenvalue weighted by Gasteiger charge is -2.29. The highest BCUT2D eigenvalue weighted by atomic mass is 16.8. The average molecular weight is 475 g/mol. The van der Waals surface area contributed by atoms with E-state index >= 15 is 0 Å². The second-order valence-corrected chi connectivity index (χ2v) is 9.35. The standard InChI is InChI=1S/C21H25N5O8/c1-19(2,3)34-18(29)30-8-12-14-15(33-20(4,5)32-14)21(9-22,31-12)13-7-6-11-16(25-17(27)28)23-10-24-26(11)13/h6-7,10,12,14-15H,8H2,1-5H3,(H,27,28)(H,23,24,25)/t12-,14-,15-,21+/m1/s1.